The summed E-state index contributed by atoms with van der Waals surface area (Å²) in [6.07, 6.45) is 0.218. The second-order valence-corrected chi connectivity index (χ2v) is 9.80. The first-order valence-corrected chi connectivity index (χ1v) is 10.3. The van der Waals surface area contributed by atoms with Crippen molar-refractivity contribution in [3.05, 3.63) is 46.8 Å². The third-order valence-corrected chi connectivity index (χ3v) is 5.05. The van der Waals surface area contributed by atoms with Crippen LogP contribution in [0.25, 0.3) is 0 Å². The van der Waals surface area contributed by atoms with Gasteiger partial charge in [-0.3, -0.25) is 9.48 Å². The summed E-state index contributed by atoms with van der Waals surface area (Å²) < 4.78 is 7.12. The Morgan fingerprint density at radius 1 is 1.10 bits per heavy atom. The minimum atomic E-state index is -0.566. The third kappa shape index (κ3) is 4.66. The largest absolute Gasteiger partial charge is 0.444 e. The Morgan fingerprint density at radius 2 is 1.77 bits per heavy atom. The van der Waals surface area contributed by atoms with Crippen LogP contribution in [0.5, 0.6) is 0 Å². The standard InChI is InChI=1S/C23H32N4O3/c1-22(2,3)16-10-8-9-11-18(16)24-20(28)19-15-14-27(21(29)30-23(4,5)6)13-12-17(15)25-26(19)7/h8-11H,12-14H2,1-7H3,(H,24,28). The van der Waals surface area contributed by atoms with Gasteiger partial charge in [-0.1, -0.05) is 39.0 Å². The van der Waals surface area contributed by atoms with Crippen LogP contribution in [-0.4, -0.2) is 38.8 Å². The molecule has 7 heteroatoms. The molecule has 1 N–H and O–H groups in total. The van der Waals surface area contributed by atoms with Crippen molar-refractivity contribution >= 4 is 17.7 Å². The van der Waals surface area contributed by atoms with Gasteiger partial charge in [0.15, 0.2) is 0 Å². The molecule has 0 aliphatic carbocycles. The number of aromatic nitrogens is 2. The highest BCUT2D eigenvalue weighted by Crippen LogP contribution is 2.30. The molecular formula is C23H32N4O3. The summed E-state index contributed by atoms with van der Waals surface area (Å²) in [5, 5.41) is 7.59. The van der Waals surface area contributed by atoms with E-state index in [1.807, 2.05) is 45.0 Å². The monoisotopic (exact) mass is 412 g/mol. The molecule has 7 nitrogen and oxygen atoms in total. The van der Waals surface area contributed by atoms with Crippen LogP contribution >= 0.6 is 0 Å². The molecule has 0 saturated heterocycles. The van der Waals surface area contributed by atoms with Gasteiger partial charge in [0.2, 0.25) is 0 Å². The average Bonchev–Trinajstić information content (AvgIpc) is 2.94. The SMILES string of the molecule is Cn1nc2c(c1C(=O)Nc1ccccc1C(C)(C)C)CN(C(=O)OC(C)(C)C)CC2. The zero-order chi connectivity index (χ0) is 22.3. The van der Waals surface area contributed by atoms with Gasteiger partial charge in [-0.25, -0.2) is 4.79 Å². The van der Waals surface area contributed by atoms with Gasteiger partial charge in [-0.05, 0) is 37.8 Å². The summed E-state index contributed by atoms with van der Waals surface area (Å²) in [5.41, 5.74) is 3.27. The molecule has 1 aromatic carbocycles. The van der Waals surface area contributed by atoms with Gasteiger partial charge in [0.25, 0.3) is 5.91 Å². The average molecular weight is 413 g/mol. The normalized spacial score (nSPS) is 14.3. The fourth-order valence-electron chi connectivity index (χ4n) is 3.70. The highest BCUT2D eigenvalue weighted by Gasteiger charge is 2.32. The van der Waals surface area contributed by atoms with E-state index in [0.717, 1.165) is 22.5 Å². The number of para-hydroxylation sites is 1. The molecule has 3 rings (SSSR count). The van der Waals surface area contributed by atoms with Gasteiger partial charge >= 0.3 is 6.09 Å². The smallest absolute Gasteiger partial charge is 0.410 e. The van der Waals surface area contributed by atoms with E-state index in [2.05, 4.69) is 31.2 Å². The van der Waals surface area contributed by atoms with Crippen LogP contribution in [-0.2, 0) is 30.2 Å². The number of fused-ring (bicyclic) bond motifs is 1. The number of hydrogen-bond acceptors (Lipinski definition) is 4. The third-order valence-electron chi connectivity index (χ3n) is 5.05. The molecule has 2 heterocycles. The van der Waals surface area contributed by atoms with E-state index in [1.165, 1.54) is 0 Å². The summed E-state index contributed by atoms with van der Waals surface area (Å²) in [6, 6.07) is 7.82. The van der Waals surface area contributed by atoms with Crippen molar-refractivity contribution in [1.82, 2.24) is 14.7 Å². The maximum atomic E-state index is 13.2. The lowest BCUT2D eigenvalue weighted by molar-refractivity contribution is 0.0222. The first-order valence-electron chi connectivity index (χ1n) is 10.3. The Balaban J connectivity index is 1.87. The minimum Gasteiger partial charge on any atom is -0.444 e. The van der Waals surface area contributed by atoms with E-state index >= 15 is 0 Å². The lowest BCUT2D eigenvalue weighted by atomic mass is 9.86. The van der Waals surface area contributed by atoms with Crippen molar-refractivity contribution in [3.63, 3.8) is 0 Å². The van der Waals surface area contributed by atoms with Crippen LogP contribution in [0.1, 0.15) is 68.9 Å². The van der Waals surface area contributed by atoms with Crippen molar-refractivity contribution in [2.24, 2.45) is 7.05 Å². The molecule has 0 radical (unpaired) electrons. The molecule has 1 aliphatic heterocycles. The van der Waals surface area contributed by atoms with Crippen LogP contribution in [0.2, 0.25) is 0 Å². The quantitative estimate of drug-likeness (QED) is 0.799. The number of nitrogens with zero attached hydrogens (tertiary/aromatic N) is 3. The summed E-state index contributed by atoms with van der Waals surface area (Å²) in [7, 11) is 1.76. The molecule has 0 bridgehead atoms. The fraction of sp³-hybridized carbons (Fsp3) is 0.522. The van der Waals surface area contributed by atoms with Crippen LogP contribution < -0.4 is 5.32 Å². The van der Waals surface area contributed by atoms with Gasteiger partial charge < -0.3 is 15.0 Å². The predicted molar refractivity (Wildman–Crippen MR) is 117 cm³/mol. The van der Waals surface area contributed by atoms with Crippen molar-refractivity contribution in [3.8, 4) is 0 Å². The second-order valence-electron chi connectivity index (χ2n) is 9.80. The zero-order valence-electron chi connectivity index (χ0n) is 19.0. The molecule has 30 heavy (non-hydrogen) atoms. The van der Waals surface area contributed by atoms with Crippen molar-refractivity contribution < 1.29 is 14.3 Å². The van der Waals surface area contributed by atoms with Crippen LogP contribution in [0.4, 0.5) is 10.5 Å². The number of benzene rings is 1. The lowest BCUT2D eigenvalue weighted by Gasteiger charge is -2.30. The maximum Gasteiger partial charge on any atom is 0.410 e. The number of rotatable bonds is 2. The number of ether oxygens (including phenoxy) is 1. The molecule has 0 unspecified atom stereocenters. The van der Waals surface area contributed by atoms with Crippen molar-refractivity contribution in [2.45, 2.75) is 65.5 Å². The highest BCUT2D eigenvalue weighted by molar-refractivity contribution is 6.04. The first kappa shape index (κ1) is 21.9. The van der Waals surface area contributed by atoms with Crippen molar-refractivity contribution in [2.75, 3.05) is 11.9 Å². The molecule has 0 fully saturated rings. The second kappa shape index (κ2) is 7.78. The predicted octanol–water partition coefficient (Wildman–Crippen LogP) is 4.26. The molecule has 0 saturated carbocycles. The molecule has 1 aliphatic rings. The number of nitrogens with one attached hydrogen (secondary N) is 1. The number of anilines is 1. The van der Waals surface area contributed by atoms with Gasteiger partial charge in [0, 0.05) is 31.3 Å². The summed E-state index contributed by atoms with van der Waals surface area (Å²) in [6.45, 7) is 12.7. The Bertz CT molecular complexity index is 964. The fourth-order valence-corrected chi connectivity index (χ4v) is 3.70. The highest BCUT2D eigenvalue weighted by atomic mass is 16.6. The van der Waals surface area contributed by atoms with E-state index in [9.17, 15) is 9.59 Å². The van der Waals surface area contributed by atoms with E-state index in [1.54, 1.807) is 16.6 Å². The van der Waals surface area contributed by atoms with Crippen LogP contribution in [0.3, 0.4) is 0 Å². The van der Waals surface area contributed by atoms with E-state index in [4.69, 9.17) is 4.74 Å². The molecule has 1 aromatic heterocycles. The van der Waals surface area contributed by atoms with Gasteiger partial charge in [-0.15, -0.1) is 0 Å². The Labute approximate surface area is 178 Å². The Morgan fingerprint density at radius 3 is 2.40 bits per heavy atom. The molecule has 0 atom stereocenters. The van der Waals surface area contributed by atoms with Crippen molar-refractivity contribution in [1.29, 1.82) is 0 Å². The minimum absolute atomic E-state index is 0.108. The van der Waals surface area contributed by atoms with Gasteiger partial charge in [-0.2, -0.15) is 5.10 Å². The van der Waals surface area contributed by atoms with E-state index in [0.29, 0.717) is 25.2 Å². The number of carbonyl (C=O) groups excluding carboxylic acids is 2. The van der Waals surface area contributed by atoms with Crippen LogP contribution in [0.15, 0.2) is 24.3 Å². The Kier molecular flexibility index (Phi) is 5.67. The molecule has 162 valence electrons. The van der Waals surface area contributed by atoms with E-state index < -0.39 is 5.60 Å². The Hall–Kier alpha value is -2.83. The van der Waals surface area contributed by atoms with Gasteiger partial charge in [0.1, 0.15) is 11.3 Å². The van der Waals surface area contributed by atoms with Gasteiger partial charge in [0.05, 0.1) is 12.2 Å². The molecule has 2 aromatic rings. The van der Waals surface area contributed by atoms with E-state index in [-0.39, 0.29) is 17.4 Å². The number of amides is 2. The van der Waals surface area contributed by atoms with Crippen LogP contribution in [0, 0.1) is 0 Å². The number of carbonyl (C=O) groups is 2. The molecule has 0 spiro atoms. The number of hydrogen-bond donors (Lipinski definition) is 1. The molecule has 2 amide bonds. The maximum absolute atomic E-state index is 13.2. The number of aryl methyl sites for hydroxylation is 1. The zero-order valence-corrected chi connectivity index (χ0v) is 19.0. The molecular weight excluding hydrogens is 380 g/mol. The summed E-state index contributed by atoms with van der Waals surface area (Å²) >= 11 is 0. The summed E-state index contributed by atoms with van der Waals surface area (Å²) in [5.74, 6) is -0.228. The lowest BCUT2D eigenvalue weighted by Crippen LogP contribution is -2.40. The first-order chi connectivity index (χ1) is 13.9. The topological polar surface area (TPSA) is 76.5 Å². The summed E-state index contributed by atoms with van der Waals surface area (Å²) in [4.78, 5) is 27.4.